The zero-order valence-corrected chi connectivity index (χ0v) is 4.85. The predicted octanol–water partition coefficient (Wildman–Crippen LogP) is -1.11. The molecule has 0 amide bonds. The van der Waals surface area contributed by atoms with Gasteiger partial charge in [0.05, 0.1) is 0 Å². The Hall–Kier alpha value is -0.0551. The van der Waals surface area contributed by atoms with Crippen LogP contribution in [0.1, 0.15) is 0 Å². The molecule has 1 fully saturated rings. The lowest BCUT2D eigenvalue weighted by Crippen LogP contribution is -2.29. The first-order chi connectivity index (χ1) is 4.00. The van der Waals surface area contributed by atoms with Gasteiger partial charge in [-0.15, -0.1) is 0 Å². The van der Waals surface area contributed by atoms with Crippen LogP contribution in [0.15, 0.2) is 0 Å². The highest BCUT2D eigenvalue weighted by Crippen LogP contribution is 1.77. The topological polar surface area (TPSA) is 30.5 Å². The molecule has 0 spiro atoms. The molecule has 1 heterocycles. The van der Waals surface area contributed by atoms with Crippen LogP contribution in [0.25, 0.3) is 0 Å². The molecule has 0 aromatic rings. The highest BCUT2D eigenvalue weighted by Gasteiger charge is 1.96. The summed E-state index contributed by atoms with van der Waals surface area (Å²) < 4.78 is 9.98. The lowest BCUT2D eigenvalue weighted by atomic mass is 10.4. The van der Waals surface area contributed by atoms with Crippen LogP contribution in [0.3, 0.4) is 0 Å². The molecule has 1 N–H and O–H groups in total. The number of hydrogen-bond donors (Lipinski definition) is 1. The van der Waals surface area contributed by atoms with Crippen LogP contribution in [-0.4, -0.2) is 34.0 Å². The zero-order chi connectivity index (χ0) is 5.66. The molecule has 1 aliphatic rings. The first-order valence-electron chi connectivity index (χ1n) is 2.86. The molecule has 0 aliphatic carbocycles. The van der Waals surface area contributed by atoms with Crippen molar-refractivity contribution in [2.24, 2.45) is 0 Å². The third-order valence-electron chi connectivity index (χ3n) is 1.01. The summed E-state index contributed by atoms with van der Waals surface area (Å²) in [6.07, 6.45) is 0. The Morgan fingerprint density at radius 2 is 1.75 bits per heavy atom. The molecule has 1 rings (SSSR count). The molecule has 3 nitrogen and oxygen atoms in total. The second-order valence-electron chi connectivity index (χ2n) is 1.68. The van der Waals surface area contributed by atoms with Gasteiger partial charge in [-0.05, 0) is 0 Å². The highest BCUT2D eigenvalue weighted by atomic mass is 16.6. The van der Waals surface area contributed by atoms with E-state index >= 15 is 0 Å². The van der Waals surface area contributed by atoms with Gasteiger partial charge in [-0.3, -0.25) is 0 Å². The molecular formula is C4H10BNO2. The second-order valence-corrected chi connectivity index (χ2v) is 1.68. The summed E-state index contributed by atoms with van der Waals surface area (Å²) in [5, 5.41) is 3.14. The van der Waals surface area contributed by atoms with Crippen LogP contribution >= 0.6 is 0 Å². The molecule has 0 aromatic carbocycles. The van der Waals surface area contributed by atoms with Gasteiger partial charge in [0.1, 0.15) is 0 Å². The fourth-order valence-corrected chi connectivity index (χ4v) is 0.590. The summed E-state index contributed by atoms with van der Waals surface area (Å²) in [6, 6.07) is 0. The van der Waals surface area contributed by atoms with Crippen molar-refractivity contribution in [3.63, 3.8) is 0 Å². The molecule has 0 atom stereocenters. The van der Waals surface area contributed by atoms with Crippen molar-refractivity contribution in [2.45, 2.75) is 0 Å². The predicted molar refractivity (Wildman–Crippen MR) is 31.9 cm³/mol. The van der Waals surface area contributed by atoms with Gasteiger partial charge in [-0.25, -0.2) is 0 Å². The van der Waals surface area contributed by atoms with Gasteiger partial charge < -0.3 is 14.6 Å². The van der Waals surface area contributed by atoms with Crippen molar-refractivity contribution in [1.82, 2.24) is 5.32 Å². The first kappa shape index (κ1) is 6.07. The standard InChI is InChI=1S/C4H10BNO2/c1-3-7-5-8-4-2-6-1/h5-6H,1-4H2. The van der Waals surface area contributed by atoms with Gasteiger partial charge in [0.25, 0.3) is 0 Å². The van der Waals surface area contributed by atoms with E-state index in [-0.39, 0.29) is 0 Å². The van der Waals surface area contributed by atoms with Crippen LogP contribution in [0.4, 0.5) is 0 Å². The molecule has 0 aromatic heterocycles. The van der Waals surface area contributed by atoms with Gasteiger partial charge in [0, 0.05) is 26.3 Å². The maximum absolute atomic E-state index is 4.99. The van der Waals surface area contributed by atoms with Crippen molar-refractivity contribution in [1.29, 1.82) is 0 Å². The summed E-state index contributed by atoms with van der Waals surface area (Å²) in [5.41, 5.74) is 0. The largest absolute Gasteiger partial charge is 0.438 e. The van der Waals surface area contributed by atoms with Gasteiger partial charge in [0.2, 0.25) is 0 Å². The molecule has 1 saturated heterocycles. The summed E-state index contributed by atoms with van der Waals surface area (Å²) in [5.74, 6) is 0. The van der Waals surface area contributed by atoms with Gasteiger partial charge in [0.15, 0.2) is 0 Å². The van der Waals surface area contributed by atoms with Gasteiger partial charge >= 0.3 is 7.69 Å². The average molecular weight is 115 g/mol. The van der Waals surface area contributed by atoms with Crippen molar-refractivity contribution in [3.8, 4) is 0 Å². The Bertz CT molecular complexity index is 38.0. The van der Waals surface area contributed by atoms with Crippen molar-refractivity contribution < 1.29 is 9.31 Å². The normalized spacial score (nSPS) is 23.0. The Labute approximate surface area is 49.7 Å². The van der Waals surface area contributed by atoms with E-state index in [0.29, 0.717) is 7.69 Å². The molecule has 0 saturated carbocycles. The molecule has 46 valence electrons. The van der Waals surface area contributed by atoms with E-state index < -0.39 is 0 Å². The van der Waals surface area contributed by atoms with Crippen LogP contribution in [-0.2, 0) is 9.31 Å². The van der Waals surface area contributed by atoms with Crippen molar-refractivity contribution >= 4 is 7.69 Å². The summed E-state index contributed by atoms with van der Waals surface area (Å²) in [7, 11) is 0.460. The van der Waals surface area contributed by atoms with Crippen LogP contribution in [0.5, 0.6) is 0 Å². The van der Waals surface area contributed by atoms with E-state index in [1.807, 2.05) is 0 Å². The van der Waals surface area contributed by atoms with Crippen LogP contribution in [0, 0.1) is 0 Å². The molecule has 4 heteroatoms. The number of rotatable bonds is 0. The number of nitrogens with one attached hydrogen (secondary N) is 1. The van der Waals surface area contributed by atoms with Crippen LogP contribution in [0.2, 0.25) is 0 Å². The lowest BCUT2D eigenvalue weighted by Gasteiger charge is -2.09. The van der Waals surface area contributed by atoms with E-state index in [1.165, 1.54) is 0 Å². The van der Waals surface area contributed by atoms with E-state index in [9.17, 15) is 0 Å². The van der Waals surface area contributed by atoms with E-state index in [2.05, 4.69) is 5.32 Å². The maximum atomic E-state index is 4.99. The van der Waals surface area contributed by atoms with E-state index in [4.69, 9.17) is 9.31 Å². The van der Waals surface area contributed by atoms with Crippen molar-refractivity contribution in [3.05, 3.63) is 0 Å². The van der Waals surface area contributed by atoms with Crippen molar-refractivity contribution in [2.75, 3.05) is 26.3 Å². The van der Waals surface area contributed by atoms with Crippen LogP contribution < -0.4 is 5.32 Å². The molecule has 8 heavy (non-hydrogen) atoms. The fraction of sp³-hybridized carbons (Fsp3) is 1.00. The highest BCUT2D eigenvalue weighted by molar-refractivity contribution is 6.17. The first-order valence-corrected chi connectivity index (χ1v) is 2.86. The summed E-state index contributed by atoms with van der Waals surface area (Å²) in [6.45, 7) is 3.42. The second kappa shape index (κ2) is 3.89. The SMILES string of the molecule is B1OCCNCCO1. The number of hydrogen-bond acceptors (Lipinski definition) is 3. The third-order valence-corrected chi connectivity index (χ3v) is 1.01. The molecular weight excluding hydrogens is 105 g/mol. The summed E-state index contributed by atoms with van der Waals surface area (Å²) in [4.78, 5) is 0. The Balaban J connectivity index is 2.00. The van der Waals surface area contributed by atoms with E-state index in [1.54, 1.807) is 0 Å². The fourth-order valence-electron chi connectivity index (χ4n) is 0.590. The van der Waals surface area contributed by atoms with Gasteiger partial charge in [-0.2, -0.15) is 0 Å². The smallest absolute Gasteiger partial charge is 0.413 e. The quantitative estimate of drug-likeness (QED) is 0.406. The maximum Gasteiger partial charge on any atom is 0.438 e. The minimum atomic E-state index is 0.460. The third kappa shape index (κ3) is 2.30. The zero-order valence-electron chi connectivity index (χ0n) is 4.85. The minimum Gasteiger partial charge on any atom is -0.413 e. The Morgan fingerprint density at radius 3 is 2.38 bits per heavy atom. The average Bonchev–Trinajstić information content (AvgIpc) is 1.62. The monoisotopic (exact) mass is 115 g/mol. The minimum absolute atomic E-state index is 0.460. The lowest BCUT2D eigenvalue weighted by molar-refractivity contribution is 0.201. The summed E-state index contributed by atoms with van der Waals surface area (Å²) >= 11 is 0. The molecule has 1 aliphatic heterocycles. The molecule has 0 radical (unpaired) electrons. The van der Waals surface area contributed by atoms with Gasteiger partial charge in [-0.1, -0.05) is 0 Å². The molecule has 0 unspecified atom stereocenters. The van der Waals surface area contributed by atoms with E-state index in [0.717, 1.165) is 26.3 Å². The molecule has 0 bridgehead atoms. The Morgan fingerprint density at radius 1 is 1.12 bits per heavy atom. The Kier molecular flexibility index (Phi) is 2.95.